The lowest BCUT2D eigenvalue weighted by Crippen LogP contribution is -2.49. The van der Waals surface area contributed by atoms with Crippen LogP contribution < -0.4 is 4.90 Å². The Balaban J connectivity index is 1.62. The highest BCUT2D eigenvalue weighted by Crippen LogP contribution is 2.31. The van der Waals surface area contributed by atoms with Gasteiger partial charge in [-0.2, -0.15) is 8.42 Å². The van der Waals surface area contributed by atoms with E-state index in [-0.39, 0.29) is 6.61 Å². The Hall–Kier alpha value is -2.42. The number of hydrogen-bond acceptors (Lipinski definition) is 7. The maximum absolute atomic E-state index is 12.4. The van der Waals surface area contributed by atoms with Gasteiger partial charge >= 0.3 is 5.97 Å². The maximum atomic E-state index is 12.4. The topological polar surface area (TPSA) is 82.1 Å². The van der Waals surface area contributed by atoms with Gasteiger partial charge in [-0.25, -0.2) is 4.79 Å². The molecule has 1 fully saturated rings. The fraction of sp³-hybridized carbons (Fsp3) is 0.381. The molecule has 1 aliphatic rings. The predicted octanol–water partition coefficient (Wildman–Crippen LogP) is 2.60. The molecular formula is C21H25NO6S. The lowest BCUT2D eigenvalue weighted by molar-refractivity contribution is 0.0596. The van der Waals surface area contributed by atoms with Crippen LogP contribution in [0.15, 0.2) is 48.5 Å². The summed E-state index contributed by atoms with van der Waals surface area (Å²) in [6.45, 7) is 2.48. The molecule has 156 valence electrons. The molecule has 0 radical (unpaired) electrons. The van der Waals surface area contributed by atoms with Crippen LogP contribution in [0, 0.1) is 5.92 Å². The number of ether oxygens (including phenoxy) is 2. The normalized spacial score (nSPS) is 14.5. The Morgan fingerprint density at radius 3 is 2.45 bits per heavy atom. The Morgan fingerprint density at radius 1 is 1.07 bits per heavy atom. The monoisotopic (exact) mass is 419 g/mol. The molecule has 7 nitrogen and oxygen atoms in total. The number of nitrogens with zero attached hydrogens (tertiary/aromatic N) is 1. The van der Waals surface area contributed by atoms with E-state index in [0.29, 0.717) is 35.9 Å². The van der Waals surface area contributed by atoms with E-state index in [2.05, 4.69) is 4.90 Å². The highest BCUT2D eigenvalue weighted by Gasteiger charge is 2.31. The lowest BCUT2D eigenvalue weighted by atomic mass is 9.96. The van der Waals surface area contributed by atoms with E-state index in [4.69, 9.17) is 13.7 Å². The van der Waals surface area contributed by atoms with Crippen molar-refractivity contribution in [2.75, 3.05) is 38.0 Å². The van der Waals surface area contributed by atoms with Crippen molar-refractivity contribution in [3.8, 4) is 0 Å². The van der Waals surface area contributed by atoms with Crippen LogP contribution in [-0.2, 0) is 37.0 Å². The SMILES string of the molecule is COC(=O)c1c(COS(C)(=O)=O)cccc1N1CC(COCc2ccccc2)C1. The second kappa shape index (κ2) is 9.39. The summed E-state index contributed by atoms with van der Waals surface area (Å²) in [6.07, 6.45) is 0.976. The molecule has 0 atom stereocenters. The molecule has 3 rings (SSSR count). The van der Waals surface area contributed by atoms with Gasteiger partial charge in [-0.15, -0.1) is 0 Å². The summed E-state index contributed by atoms with van der Waals surface area (Å²) in [5.74, 6) is -0.156. The molecule has 1 aliphatic heterocycles. The standard InChI is InChI=1S/C21H25NO6S/c1-26-21(23)20-18(15-28-29(2,24)25)9-6-10-19(20)22-11-17(12-22)14-27-13-16-7-4-3-5-8-16/h3-10,17H,11-15H2,1-2H3. The molecule has 0 aliphatic carbocycles. The van der Waals surface area contributed by atoms with Crippen molar-refractivity contribution in [2.45, 2.75) is 13.2 Å². The molecule has 0 spiro atoms. The highest BCUT2D eigenvalue weighted by atomic mass is 32.2. The number of hydrogen-bond donors (Lipinski definition) is 0. The van der Waals surface area contributed by atoms with Crippen molar-refractivity contribution in [1.29, 1.82) is 0 Å². The van der Waals surface area contributed by atoms with Crippen LogP contribution in [0.3, 0.4) is 0 Å². The number of methoxy groups -OCH3 is 1. The van der Waals surface area contributed by atoms with Crippen LogP contribution in [0.2, 0.25) is 0 Å². The molecule has 1 heterocycles. The van der Waals surface area contributed by atoms with Crippen molar-refractivity contribution in [3.63, 3.8) is 0 Å². The molecule has 0 bridgehead atoms. The van der Waals surface area contributed by atoms with E-state index < -0.39 is 16.1 Å². The average molecular weight is 419 g/mol. The molecule has 0 aromatic heterocycles. The third kappa shape index (κ3) is 5.79. The van der Waals surface area contributed by atoms with Gasteiger partial charge in [0.1, 0.15) is 0 Å². The van der Waals surface area contributed by atoms with Crippen LogP contribution >= 0.6 is 0 Å². The number of carbonyl (C=O) groups excluding carboxylic acids is 1. The first kappa shape index (κ1) is 21.3. The van der Waals surface area contributed by atoms with Crippen LogP contribution in [0.5, 0.6) is 0 Å². The second-order valence-electron chi connectivity index (χ2n) is 7.04. The second-order valence-corrected chi connectivity index (χ2v) is 8.68. The van der Waals surface area contributed by atoms with E-state index in [1.54, 1.807) is 12.1 Å². The molecule has 2 aromatic rings. The van der Waals surface area contributed by atoms with E-state index in [1.807, 2.05) is 36.4 Å². The van der Waals surface area contributed by atoms with Crippen molar-refractivity contribution in [2.24, 2.45) is 5.92 Å². The van der Waals surface area contributed by atoms with Gasteiger partial charge in [0, 0.05) is 19.0 Å². The number of rotatable bonds is 9. The quantitative estimate of drug-likeness (QED) is 0.456. The number of anilines is 1. The zero-order valence-electron chi connectivity index (χ0n) is 16.5. The van der Waals surface area contributed by atoms with Gasteiger partial charge in [-0.1, -0.05) is 42.5 Å². The number of esters is 1. The summed E-state index contributed by atoms with van der Waals surface area (Å²) in [5.41, 5.74) is 2.66. The van der Waals surface area contributed by atoms with Gasteiger partial charge in [0.05, 0.1) is 44.4 Å². The first-order valence-corrected chi connectivity index (χ1v) is 11.1. The fourth-order valence-electron chi connectivity index (χ4n) is 3.27. The smallest absolute Gasteiger partial charge is 0.340 e. The molecule has 2 aromatic carbocycles. The van der Waals surface area contributed by atoms with Crippen LogP contribution in [0.25, 0.3) is 0 Å². The average Bonchev–Trinajstić information content (AvgIpc) is 2.67. The Kier molecular flexibility index (Phi) is 6.89. The molecule has 1 saturated heterocycles. The summed E-state index contributed by atoms with van der Waals surface area (Å²) in [7, 11) is -2.32. The zero-order valence-corrected chi connectivity index (χ0v) is 17.4. The van der Waals surface area contributed by atoms with E-state index in [0.717, 1.165) is 24.9 Å². The minimum atomic E-state index is -3.62. The van der Waals surface area contributed by atoms with E-state index >= 15 is 0 Å². The molecule has 0 amide bonds. The van der Waals surface area contributed by atoms with E-state index in [1.165, 1.54) is 7.11 Å². The van der Waals surface area contributed by atoms with Gasteiger partial charge < -0.3 is 14.4 Å². The van der Waals surface area contributed by atoms with Gasteiger partial charge in [0.15, 0.2) is 0 Å². The summed E-state index contributed by atoms with van der Waals surface area (Å²) in [4.78, 5) is 14.4. The zero-order chi connectivity index (χ0) is 20.9. The Labute approximate surface area is 171 Å². The predicted molar refractivity (Wildman–Crippen MR) is 109 cm³/mol. The van der Waals surface area contributed by atoms with Crippen molar-refractivity contribution >= 4 is 21.8 Å². The number of carbonyl (C=O) groups is 1. The molecule has 29 heavy (non-hydrogen) atoms. The van der Waals surface area contributed by atoms with Crippen molar-refractivity contribution in [1.82, 2.24) is 0 Å². The van der Waals surface area contributed by atoms with Crippen LogP contribution in [0.4, 0.5) is 5.69 Å². The fourth-order valence-corrected chi connectivity index (χ4v) is 3.61. The van der Waals surface area contributed by atoms with Gasteiger partial charge in [0.25, 0.3) is 10.1 Å². The van der Waals surface area contributed by atoms with Crippen LogP contribution in [-0.4, -0.2) is 47.4 Å². The van der Waals surface area contributed by atoms with Gasteiger partial charge in [-0.3, -0.25) is 4.18 Å². The number of benzene rings is 2. The minimum Gasteiger partial charge on any atom is -0.465 e. The summed E-state index contributed by atoms with van der Waals surface area (Å²) < 4.78 is 38.2. The van der Waals surface area contributed by atoms with Crippen LogP contribution in [0.1, 0.15) is 21.5 Å². The largest absolute Gasteiger partial charge is 0.465 e. The highest BCUT2D eigenvalue weighted by molar-refractivity contribution is 7.85. The molecular weight excluding hydrogens is 394 g/mol. The maximum Gasteiger partial charge on any atom is 0.340 e. The Morgan fingerprint density at radius 2 is 1.79 bits per heavy atom. The third-order valence-corrected chi connectivity index (χ3v) is 5.26. The summed E-state index contributed by atoms with van der Waals surface area (Å²) >= 11 is 0. The lowest BCUT2D eigenvalue weighted by Gasteiger charge is -2.41. The van der Waals surface area contributed by atoms with Crippen molar-refractivity contribution in [3.05, 3.63) is 65.2 Å². The van der Waals surface area contributed by atoms with E-state index in [9.17, 15) is 13.2 Å². The molecule has 0 unspecified atom stereocenters. The first-order valence-electron chi connectivity index (χ1n) is 9.28. The Bertz CT molecular complexity index is 939. The van der Waals surface area contributed by atoms with Crippen molar-refractivity contribution < 1.29 is 26.9 Å². The minimum absolute atomic E-state index is 0.214. The summed E-state index contributed by atoms with van der Waals surface area (Å²) in [5, 5.41) is 0. The third-order valence-electron chi connectivity index (χ3n) is 4.71. The molecule has 0 N–H and O–H groups in total. The molecule has 0 saturated carbocycles. The molecule has 8 heteroatoms. The van der Waals surface area contributed by atoms with Gasteiger partial charge in [0.2, 0.25) is 0 Å². The summed E-state index contributed by atoms with van der Waals surface area (Å²) in [6, 6.07) is 15.3. The first-order chi connectivity index (χ1) is 13.9. The van der Waals surface area contributed by atoms with Gasteiger partial charge in [-0.05, 0) is 17.2 Å².